The number of ether oxygens (including phenoxy) is 1. The fourth-order valence-electron chi connectivity index (χ4n) is 2.84. The lowest BCUT2D eigenvalue weighted by Crippen LogP contribution is -2.32. The Morgan fingerprint density at radius 1 is 1.32 bits per heavy atom. The highest BCUT2D eigenvalue weighted by Crippen LogP contribution is 2.42. The second kappa shape index (κ2) is 6.01. The largest absolute Gasteiger partial charge is 0.487 e. The second-order valence-electron chi connectivity index (χ2n) is 5.66. The van der Waals surface area contributed by atoms with E-state index in [9.17, 15) is 4.79 Å². The second-order valence-corrected chi connectivity index (χ2v) is 6.07. The molecule has 2 aromatic rings. The molecule has 2 aromatic carbocycles. The third-order valence-corrected chi connectivity index (χ3v) is 4.11. The molecule has 1 atom stereocenters. The first-order chi connectivity index (χ1) is 10.5. The third-order valence-electron chi connectivity index (χ3n) is 3.78. The molecule has 114 valence electrons. The van der Waals surface area contributed by atoms with Crippen LogP contribution < -0.4 is 10.1 Å². The summed E-state index contributed by atoms with van der Waals surface area (Å²) in [5, 5.41) is 3.53. The summed E-state index contributed by atoms with van der Waals surface area (Å²) in [7, 11) is 0. The molecule has 1 N–H and O–H groups in total. The predicted molar refractivity (Wildman–Crippen MR) is 88.4 cm³/mol. The Morgan fingerprint density at radius 2 is 2.09 bits per heavy atom. The van der Waals surface area contributed by atoms with Crippen LogP contribution in [-0.2, 0) is 11.2 Å². The molecule has 1 aliphatic rings. The molecule has 0 saturated carbocycles. The summed E-state index contributed by atoms with van der Waals surface area (Å²) in [5.41, 5.74) is 4.35. The molecule has 0 bridgehead atoms. The standard InChI is InChI=1S/C18H18ClNO2/c1-11-7-13-9-14(10-20-12(2)21)22-18(13)16(8-11)15-5-3-4-6-17(15)19/h3-8,14H,9-10H2,1-2H3,(H,20,21)/t14-/m1/s1. The summed E-state index contributed by atoms with van der Waals surface area (Å²) in [6, 6.07) is 12.0. The van der Waals surface area contributed by atoms with E-state index in [1.54, 1.807) is 0 Å². The first kappa shape index (κ1) is 14.9. The third kappa shape index (κ3) is 2.95. The van der Waals surface area contributed by atoms with Crippen molar-refractivity contribution >= 4 is 17.5 Å². The van der Waals surface area contributed by atoms with Crippen molar-refractivity contribution in [3.8, 4) is 16.9 Å². The van der Waals surface area contributed by atoms with Crippen molar-refractivity contribution in [1.29, 1.82) is 0 Å². The van der Waals surface area contributed by atoms with E-state index in [0.717, 1.165) is 23.3 Å². The molecule has 4 heteroatoms. The number of amides is 1. The van der Waals surface area contributed by atoms with Gasteiger partial charge in [-0.25, -0.2) is 0 Å². The molecule has 0 fully saturated rings. The van der Waals surface area contributed by atoms with Gasteiger partial charge in [-0.2, -0.15) is 0 Å². The van der Waals surface area contributed by atoms with Crippen molar-refractivity contribution in [2.75, 3.05) is 6.54 Å². The van der Waals surface area contributed by atoms with Gasteiger partial charge in [0.15, 0.2) is 0 Å². The Morgan fingerprint density at radius 3 is 2.82 bits per heavy atom. The maximum Gasteiger partial charge on any atom is 0.217 e. The van der Waals surface area contributed by atoms with E-state index in [0.29, 0.717) is 11.6 Å². The van der Waals surface area contributed by atoms with Gasteiger partial charge >= 0.3 is 0 Å². The van der Waals surface area contributed by atoms with Crippen LogP contribution in [0.1, 0.15) is 18.1 Å². The smallest absolute Gasteiger partial charge is 0.217 e. The zero-order valence-electron chi connectivity index (χ0n) is 12.7. The van der Waals surface area contributed by atoms with Crippen LogP contribution in [0.4, 0.5) is 0 Å². The monoisotopic (exact) mass is 315 g/mol. The zero-order chi connectivity index (χ0) is 15.7. The molecular weight excluding hydrogens is 298 g/mol. The summed E-state index contributed by atoms with van der Waals surface area (Å²) >= 11 is 6.34. The van der Waals surface area contributed by atoms with Gasteiger partial charge in [-0.1, -0.05) is 35.9 Å². The van der Waals surface area contributed by atoms with Crippen molar-refractivity contribution in [1.82, 2.24) is 5.32 Å². The van der Waals surface area contributed by atoms with Crippen molar-refractivity contribution in [2.45, 2.75) is 26.4 Å². The van der Waals surface area contributed by atoms with Gasteiger partial charge in [0.2, 0.25) is 5.91 Å². The van der Waals surface area contributed by atoms with E-state index in [4.69, 9.17) is 16.3 Å². The SMILES string of the molecule is CC(=O)NC[C@H]1Cc2cc(C)cc(-c3ccccc3Cl)c2O1. The van der Waals surface area contributed by atoms with Crippen LogP contribution in [0.15, 0.2) is 36.4 Å². The zero-order valence-corrected chi connectivity index (χ0v) is 13.4. The number of rotatable bonds is 3. The topological polar surface area (TPSA) is 38.3 Å². The summed E-state index contributed by atoms with van der Waals surface area (Å²) in [5.74, 6) is 0.844. The Labute approximate surface area is 135 Å². The Bertz CT molecular complexity index is 727. The van der Waals surface area contributed by atoms with E-state index >= 15 is 0 Å². The maximum atomic E-state index is 11.1. The highest BCUT2D eigenvalue weighted by Gasteiger charge is 2.27. The fourth-order valence-corrected chi connectivity index (χ4v) is 3.08. The molecule has 0 unspecified atom stereocenters. The van der Waals surface area contributed by atoms with Crippen LogP contribution >= 0.6 is 11.6 Å². The molecule has 1 heterocycles. The van der Waals surface area contributed by atoms with Crippen LogP contribution in [0.2, 0.25) is 5.02 Å². The van der Waals surface area contributed by atoms with Crippen LogP contribution in [0, 0.1) is 6.92 Å². The van der Waals surface area contributed by atoms with Gasteiger partial charge in [0.25, 0.3) is 0 Å². The van der Waals surface area contributed by atoms with Gasteiger partial charge in [0.05, 0.1) is 6.54 Å². The number of halogens is 1. The van der Waals surface area contributed by atoms with Gasteiger partial charge in [-0.3, -0.25) is 4.79 Å². The minimum atomic E-state index is -0.0398. The lowest BCUT2D eigenvalue weighted by molar-refractivity contribution is -0.119. The minimum absolute atomic E-state index is 0.0260. The number of carbonyl (C=O) groups is 1. The molecule has 22 heavy (non-hydrogen) atoms. The Hall–Kier alpha value is -2.00. The van der Waals surface area contributed by atoms with Crippen LogP contribution in [0.5, 0.6) is 5.75 Å². The molecular formula is C18H18ClNO2. The molecule has 3 nitrogen and oxygen atoms in total. The van der Waals surface area contributed by atoms with Gasteiger partial charge in [0, 0.05) is 29.5 Å². The molecule has 0 spiro atoms. The highest BCUT2D eigenvalue weighted by molar-refractivity contribution is 6.33. The van der Waals surface area contributed by atoms with Gasteiger partial charge < -0.3 is 10.1 Å². The normalized spacial score (nSPS) is 16.0. The number of hydrogen-bond donors (Lipinski definition) is 1. The lowest BCUT2D eigenvalue weighted by Gasteiger charge is -2.14. The van der Waals surface area contributed by atoms with Crippen LogP contribution in [0.25, 0.3) is 11.1 Å². The quantitative estimate of drug-likeness (QED) is 0.936. The van der Waals surface area contributed by atoms with Crippen molar-refractivity contribution in [3.05, 3.63) is 52.5 Å². The molecule has 3 rings (SSSR count). The number of nitrogens with one attached hydrogen (secondary N) is 1. The average Bonchev–Trinajstić information content (AvgIpc) is 2.87. The number of hydrogen-bond acceptors (Lipinski definition) is 2. The average molecular weight is 316 g/mol. The van der Waals surface area contributed by atoms with E-state index in [-0.39, 0.29) is 12.0 Å². The van der Waals surface area contributed by atoms with Gasteiger partial charge in [0.1, 0.15) is 11.9 Å². The van der Waals surface area contributed by atoms with Gasteiger partial charge in [-0.05, 0) is 30.2 Å². The molecule has 1 amide bonds. The Balaban J connectivity index is 1.96. The van der Waals surface area contributed by atoms with Crippen molar-refractivity contribution < 1.29 is 9.53 Å². The first-order valence-electron chi connectivity index (χ1n) is 7.34. The lowest BCUT2D eigenvalue weighted by atomic mass is 9.98. The van der Waals surface area contributed by atoms with Gasteiger partial charge in [-0.15, -0.1) is 0 Å². The number of fused-ring (bicyclic) bond motifs is 1. The van der Waals surface area contributed by atoms with E-state index in [2.05, 4.69) is 24.4 Å². The summed E-state index contributed by atoms with van der Waals surface area (Å²) < 4.78 is 6.08. The first-order valence-corrected chi connectivity index (χ1v) is 7.72. The summed E-state index contributed by atoms with van der Waals surface area (Å²) in [6.45, 7) is 4.11. The maximum absolute atomic E-state index is 11.1. The highest BCUT2D eigenvalue weighted by atomic mass is 35.5. The number of benzene rings is 2. The van der Waals surface area contributed by atoms with E-state index < -0.39 is 0 Å². The molecule has 0 saturated heterocycles. The summed E-state index contributed by atoms with van der Waals surface area (Å²) in [6.07, 6.45) is 0.774. The van der Waals surface area contributed by atoms with Crippen molar-refractivity contribution in [2.24, 2.45) is 0 Å². The Kier molecular flexibility index (Phi) is 4.08. The van der Waals surface area contributed by atoms with Crippen molar-refractivity contribution in [3.63, 3.8) is 0 Å². The fraction of sp³-hybridized carbons (Fsp3) is 0.278. The minimum Gasteiger partial charge on any atom is -0.487 e. The van der Waals surface area contributed by atoms with Crippen LogP contribution in [0.3, 0.4) is 0 Å². The molecule has 0 aromatic heterocycles. The number of aryl methyl sites for hydroxylation is 1. The molecule has 1 aliphatic heterocycles. The van der Waals surface area contributed by atoms with E-state index in [1.807, 2.05) is 24.3 Å². The number of carbonyl (C=O) groups excluding carboxylic acids is 1. The van der Waals surface area contributed by atoms with E-state index in [1.165, 1.54) is 18.1 Å². The molecule has 0 radical (unpaired) electrons. The molecule has 0 aliphatic carbocycles. The predicted octanol–water partition coefficient (Wildman–Crippen LogP) is 3.76. The van der Waals surface area contributed by atoms with Crippen LogP contribution in [-0.4, -0.2) is 18.6 Å². The summed E-state index contributed by atoms with van der Waals surface area (Å²) in [4.78, 5) is 11.1.